The molecule has 10 atom stereocenters. The molecular weight excluding hydrogens is 972 g/mol. The Morgan fingerprint density at radius 2 is 1.15 bits per heavy atom. The van der Waals surface area contributed by atoms with Crippen molar-refractivity contribution in [1.29, 1.82) is 0 Å². The Balaban J connectivity index is 1.19. The second kappa shape index (κ2) is 19.0. The summed E-state index contributed by atoms with van der Waals surface area (Å²) in [5.74, 6) is -2.63. The molecule has 2 unspecified atom stereocenters. The number of ether oxygens (including phenoxy) is 5. The number of phosphoric acid groups is 1. The second-order valence-corrected chi connectivity index (χ2v) is 24.3. The number of alkyl halides is 2. The lowest BCUT2D eigenvalue weighted by molar-refractivity contribution is -0.157. The molecule has 7 rings (SSSR count). The first-order valence-corrected chi connectivity index (χ1v) is 25.4. The molecule has 0 amide bonds. The van der Waals surface area contributed by atoms with E-state index in [1.54, 1.807) is 62.3 Å². The van der Waals surface area contributed by atoms with Crippen molar-refractivity contribution < 1.29 is 79.0 Å². The van der Waals surface area contributed by atoms with Crippen LogP contribution in [0.5, 0.6) is 0 Å². The van der Waals surface area contributed by atoms with Crippen LogP contribution in [0.1, 0.15) is 74.8 Å². The Morgan fingerprint density at radius 1 is 0.676 bits per heavy atom. The maximum atomic E-state index is 16.7. The highest BCUT2D eigenvalue weighted by molar-refractivity contribution is 8.55. The minimum atomic E-state index is -5.39. The number of fused-ring (bicyclic) bond motifs is 5. The second-order valence-electron chi connectivity index (χ2n) is 18.9. The lowest BCUT2D eigenvalue weighted by Gasteiger charge is -2.27. The van der Waals surface area contributed by atoms with Crippen LogP contribution in [0.25, 0.3) is 22.3 Å². The number of carbonyl (C=O) groups excluding carboxylic acids is 3. The first-order chi connectivity index (χ1) is 31.6. The van der Waals surface area contributed by atoms with Crippen LogP contribution in [0.3, 0.4) is 0 Å². The van der Waals surface area contributed by atoms with Gasteiger partial charge in [0.25, 0.3) is 11.1 Å². The van der Waals surface area contributed by atoms with Crippen molar-refractivity contribution in [2.75, 3.05) is 19.2 Å². The minimum Gasteiger partial charge on any atom is -0.454 e. The van der Waals surface area contributed by atoms with Gasteiger partial charge >= 0.3 is 32.5 Å². The van der Waals surface area contributed by atoms with Crippen LogP contribution in [-0.4, -0.2) is 117 Å². The summed E-state index contributed by atoms with van der Waals surface area (Å²) in [5.41, 5.74) is -5.36. The first-order valence-electron chi connectivity index (χ1n) is 20.8. The Bertz CT molecular complexity index is 2800. The molecule has 0 radical (unpaired) electrons. The number of hydrogen-bond acceptors (Lipinski definition) is 21. The third kappa shape index (κ3) is 10.8. The van der Waals surface area contributed by atoms with Gasteiger partial charge in [-0.05, 0) is 62.3 Å². The largest absolute Gasteiger partial charge is 0.472 e. The summed E-state index contributed by atoms with van der Waals surface area (Å²) in [5, 5.41) is 0. The fourth-order valence-corrected chi connectivity index (χ4v) is 10.3. The molecule has 4 aromatic heterocycles. The highest BCUT2D eigenvalue weighted by atomic mass is 32.7. The van der Waals surface area contributed by atoms with Crippen LogP contribution in [0, 0.1) is 16.2 Å². The quantitative estimate of drug-likeness (QED) is 0.107. The summed E-state index contributed by atoms with van der Waals surface area (Å²) in [6.45, 7) is 6.46. The van der Waals surface area contributed by atoms with Gasteiger partial charge in [0.1, 0.15) is 43.0 Å². The number of halogens is 2. The van der Waals surface area contributed by atoms with Crippen LogP contribution in [-0.2, 0) is 78.8 Å². The summed E-state index contributed by atoms with van der Waals surface area (Å²) in [7, 11) is -5.39. The van der Waals surface area contributed by atoms with E-state index in [0.717, 1.165) is 43.6 Å². The van der Waals surface area contributed by atoms with Crippen molar-refractivity contribution in [2.45, 2.75) is 125 Å². The van der Waals surface area contributed by atoms with Crippen molar-refractivity contribution in [2.24, 2.45) is 16.2 Å². The molecule has 4 aromatic rings. The van der Waals surface area contributed by atoms with Gasteiger partial charge in [0.15, 0.2) is 60.6 Å². The van der Waals surface area contributed by atoms with Gasteiger partial charge in [-0.25, -0.2) is 37.8 Å². The molecule has 0 spiro atoms. The fraction of sp³-hybridized carbons (Fsp3) is 0.658. The van der Waals surface area contributed by atoms with Crippen molar-refractivity contribution in [3.8, 4) is 0 Å². The van der Waals surface area contributed by atoms with Crippen LogP contribution in [0.15, 0.2) is 34.9 Å². The summed E-state index contributed by atoms with van der Waals surface area (Å²) in [6.07, 6.45) is -11.7. The van der Waals surface area contributed by atoms with E-state index in [4.69, 9.17) is 41.8 Å². The molecule has 0 saturated carbocycles. The predicted octanol–water partition coefficient (Wildman–Crippen LogP) is 4.07. The third-order valence-corrected chi connectivity index (χ3v) is 14.7. The van der Waals surface area contributed by atoms with Gasteiger partial charge in [-0.15, -0.1) is 0 Å². The van der Waals surface area contributed by atoms with Crippen molar-refractivity contribution in [3.63, 3.8) is 0 Å². The average molecular weight is 1020 g/mol. The van der Waals surface area contributed by atoms with Gasteiger partial charge < -0.3 is 28.6 Å². The van der Waals surface area contributed by atoms with Crippen molar-refractivity contribution in [1.82, 2.24) is 38.2 Å². The normalized spacial score (nSPS) is 29.5. The van der Waals surface area contributed by atoms with Crippen molar-refractivity contribution >= 4 is 66.2 Å². The van der Waals surface area contributed by atoms with E-state index in [0.29, 0.717) is 11.4 Å². The van der Waals surface area contributed by atoms with Gasteiger partial charge in [-0.2, -0.15) is 0 Å². The van der Waals surface area contributed by atoms with Crippen LogP contribution in [0.2, 0.25) is 0 Å². The van der Waals surface area contributed by atoms with E-state index >= 15 is 8.78 Å². The molecule has 30 heteroatoms. The molecule has 0 aromatic carbocycles. The molecule has 3 fully saturated rings. The van der Waals surface area contributed by atoms with E-state index in [1.807, 2.05) is 0 Å². The van der Waals surface area contributed by atoms with Crippen molar-refractivity contribution in [3.05, 3.63) is 46.0 Å². The highest BCUT2D eigenvalue weighted by Gasteiger charge is 2.55. The summed E-state index contributed by atoms with van der Waals surface area (Å²) in [4.78, 5) is 91.7. The molecule has 68 heavy (non-hydrogen) atoms. The number of imidazole rings is 2. The van der Waals surface area contributed by atoms with Crippen LogP contribution >= 0.6 is 26.0 Å². The summed E-state index contributed by atoms with van der Waals surface area (Å²) >= 11 is 0.293. The zero-order valence-corrected chi connectivity index (χ0v) is 40.7. The number of nitrogens with zero attached hydrogens (tertiary/aromatic N) is 8. The van der Waals surface area contributed by atoms with Gasteiger partial charge in [0.2, 0.25) is 0 Å². The molecule has 7 heterocycles. The van der Waals surface area contributed by atoms with Gasteiger partial charge in [-0.1, -0.05) is 0 Å². The molecule has 25 nitrogen and oxygen atoms in total. The maximum Gasteiger partial charge on any atom is 0.472 e. The average Bonchev–Trinajstić information content (AvgIpc) is 4.01. The Kier molecular flexibility index (Phi) is 14.4. The third-order valence-electron chi connectivity index (χ3n) is 10.4. The topological polar surface area (TPSA) is 294 Å². The van der Waals surface area contributed by atoms with Gasteiger partial charge in [-0.3, -0.25) is 60.3 Å². The number of rotatable bonds is 9. The number of hydrogen-bond donors (Lipinski definition) is 1. The molecule has 0 aliphatic carbocycles. The van der Waals surface area contributed by atoms with E-state index in [9.17, 15) is 38.0 Å². The monoisotopic (exact) mass is 1020 g/mol. The standard InChI is InChI=1S/C38H50F2N8O17P2S/c1-36(2,3)33(51)57-16-45-12-43-27-23(29(45)49)41-14-47(27)31-22(40)25-20(63-31)11-61-67(56,68-18-59-35(53)38(7,8)9)65-26-21(39)19(10-60-66(54,55)64-25)62-32(26)48-15-42-24-28(48)44-13-46(30(24)50)17-58-34(52)37(4,5)6/h12-15,19-22,25-26,31-32H,10-11,16-18H2,1-9H3,(H,54,55)/t19-,20-,21+,22-,25-,26-,31-,32-,67?/m1/s1. The number of carbonyl (C=O) groups is 3. The predicted molar refractivity (Wildman–Crippen MR) is 229 cm³/mol. The molecule has 3 aliphatic rings. The molecule has 3 saturated heterocycles. The van der Waals surface area contributed by atoms with Gasteiger partial charge in [0, 0.05) is 11.4 Å². The Labute approximate surface area is 388 Å². The highest BCUT2D eigenvalue weighted by Crippen LogP contribution is 2.64. The van der Waals surface area contributed by atoms with E-state index in [2.05, 4.69) is 19.9 Å². The molecular formula is C38H50F2N8O17P2S. The molecule has 2 bridgehead atoms. The maximum absolute atomic E-state index is 16.7. The number of phosphoric ester groups is 1. The lowest BCUT2D eigenvalue weighted by atomic mass is 9.97. The smallest absolute Gasteiger partial charge is 0.454 e. The zero-order chi connectivity index (χ0) is 49.9. The Hall–Kier alpha value is -4.50. The molecule has 1 N–H and O–H groups in total. The summed E-state index contributed by atoms with van der Waals surface area (Å²) in [6, 6.07) is 0. The lowest BCUT2D eigenvalue weighted by Crippen LogP contribution is -2.34. The fourth-order valence-electron chi connectivity index (χ4n) is 6.61. The Morgan fingerprint density at radius 3 is 1.66 bits per heavy atom. The first kappa shape index (κ1) is 51.4. The summed E-state index contributed by atoms with van der Waals surface area (Å²) < 4.78 is 115. The van der Waals surface area contributed by atoms with E-state index < -0.39 is 142 Å². The van der Waals surface area contributed by atoms with E-state index in [1.165, 1.54) is 0 Å². The zero-order valence-electron chi connectivity index (χ0n) is 38.1. The number of aromatic nitrogens is 8. The molecule has 374 valence electrons. The number of esters is 3. The van der Waals surface area contributed by atoms with Gasteiger partial charge in [0.05, 0.1) is 42.1 Å². The van der Waals surface area contributed by atoms with Crippen LogP contribution in [0.4, 0.5) is 8.78 Å². The van der Waals surface area contributed by atoms with Crippen LogP contribution < -0.4 is 11.1 Å². The molecule has 3 aliphatic heterocycles. The van der Waals surface area contributed by atoms with E-state index in [-0.39, 0.29) is 22.3 Å². The minimum absolute atomic E-state index is 0.202. The SMILES string of the molecule is CC(C)(C)C(=O)OCSP1(=O)OC[C@H]2O[C@@H](n3cnc4c(=O)n(COC(=O)C(C)(C)C)cnc43)[C@H](F)[C@@H]2OP(=O)(O)OC[C@H]2O[C@@H](n3cnc4c(=O)n(COC(=O)C(C)(C)C)cnc43)[C@H](O1)[C@H]2F.